The molecular weight excluding hydrogens is 352 g/mol. The Hall–Kier alpha value is -3.20. The fraction of sp³-hybridized carbons (Fsp3) is 0.176. The lowest BCUT2D eigenvalue weighted by Gasteiger charge is -2.26. The minimum atomic E-state index is -1.33. The summed E-state index contributed by atoms with van der Waals surface area (Å²) >= 11 is 0. The number of rotatable bonds is 3. The highest BCUT2D eigenvalue weighted by Gasteiger charge is 2.40. The SMILES string of the molecule is COC(=O)C1=C(N)Oc2c(oc(CO)cc2=O)[C@H]1c1ccc(F)cc1F. The maximum atomic E-state index is 14.4. The van der Waals surface area contributed by atoms with Crippen LogP contribution in [0.5, 0.6) is 5.75 Å². The summed E-state index contributed by atoms with van der Waals surface area (Å²) in [4.78, 5) is 24.4. The lowest BCUT2D eigenvalue weighted by Crippen LogP contribution is -2.30. The summed E-state index contributed by atoms with van der Waals surface area (Å²) < 4.78 is 43.0. The number of hydrogen-bond acceptors (Lipinski definition) is 7. The van der Waals surface area contributed by atoms with Gasteiger partial charge in [-0.15, -0.1) is 0 Å². The van der Waals surface area contributed by atoms with Gasteiger partial charge in [0.1, 0.15) is 29.6 Å². The molecule has 3 rings (SSSR count). The summed E-state index contributed by atoms with van der Waals surface area (Å²) in [5.74, 6) is -5.31. The Morgan fingerprint density at radius 2 is 2.08 bits per heavy atom. The Labute approximate surface area is 145 Å². The van der Waals surface area contributed by atoms with Crippen molar-refractivity contribution in [1.29, 1.82) is 0 Å². The van der Waals surface area contributed by atoms with Gasteiger partial charge in [0.05, 0.1) is 13.0 Å². The van der Waals surface area contributed by atoms with Gasteiger partial charge in [-0.05, 0) is 6.07 Å². The second-order valence-corrected chi connectivity index (χ2v) is 5.40. The van der Waals surface area contributed by atoms with E-state index in [-0.39, 0.29) is 28.4 Å². The molecule has 3 N–H and O–H groups in total. The molecule has 0 radical (unpaired) electrons. The molecular formula is C17H13F2NO6. The van der Waals surface area contributed by atoms with Crippen LogP contribution in [-0.4, -0.2) is 18.2 Å². The summed E-state index contributed by atoms with van der Waals surface area (Å²) in [5.41, 5.74) is 4.56. The zero-order chi connectivity index (χ0) is 19.0. The minimum absolute atomic E-state index is 0.130. The Morgan fingerprint density at radius 3 is 2.69 bits per heavy atom. The van der Waals surface area contributed by atoms with Crippen LogP contribution in [0, 0.1) is 11.6 Å². The van der Waals surface area contributed by atoms with Crippen LogP contribution < -0.4 is 15.9 Å². The molecule has 0 unspecified atom stereocenters. The first-order valence-electron chi connectivity index (χ1n) is 7.35. The van der Waals surface area contributed by atoms with Gasteiger partial charge >= 0.3 is 5.97 Å². The number of benzene rings is 1. The maximum Gasteiger partial charge on any atom is 0.340 e. The van der Waals surface area contributed by atoms with Crippen molar-refractivity contribution in [1.82, 2.24) is 0 Å². The monoisotopic (exact) mass is 365 g/mol. The van der Waals surface area contributed by atoms with E-state index in [1.165, 1.54) is 0 Å². The third-order valence-electron chi connectivity index (χ3n) is 3.84. The number of carbonyl (C=O) groups is 1. The highest BCUT2D eigenvalue weighted by molar-refractivity contribution is 5.92. The number of fused-ring (bicyclic) bond motifs is 1. The van der Waals surface area contributed by atoms with Crippen LogP contribution >= 0.6 is 0 Å². The fourth-order valence-corrected chi connectivity index (χ4v) is 2.72. The first kappa shape index (κ1) is 17.6. The molecule has 0 amide bonds. The Bertz CT molecular complexity index is 982. The van der Waals surface area contributed by atoms with Crippen molar-refractivity contribution >= 4 is 5.97 Å². The molecule has 9 heteroatoms. The molecule has 0 bridgehead atoms. The molecule has 0 aliphatic carbocycles. The van der Waals surface area contributed by atoms with Gasteiger partial charge in [-0.2, -0.15) is 0 Å². The van der Waals surface area contributed by atoms with Crippen molar-refractivity contribution in [2.45, 2.75) is 12.5 Å². The van der Waals surface area contributed by atoms with E-state index in [4.69, 9.17) is 14.9 Å². The van der Waals surface area contributed by atoms with Crippen LogP contribution in [0.3, 0.4) is 0 Å². The normalized spacial score (nSPS) is 16.1. The molecule has 26 heavy (non-hydrogen) atoms. The molecule has 0 saturated heterocycles. The van der Waals surface area contributed by atoms with E-state index < -0.39 is 41.4 Å². The second kappa shape index (κ2) is 6.60. The third-order valence-corrected chi connectivity index (χ3v) is 3.84. The number of nitrogens with two attached hydrogens (primary N) is 1. The Balaban J connectivity index is 2.34. The molecule has 7 nitrogen and oxygen atoms in total. The Kier molecular flexibility index (Phi) is 4.47. The smallest absolute Gasteiger partial charge is 0.340 e. The molecule has 1 aliphatic rings. The molecule has 1 aromatic carbocycles. The van der Waals surface area contributed by atoms with Gasteiger partial charge in [0.15, 0.2) is 5.76 Å². The third kappa shape index (κ3) is 2.82. The molecule has 0 saturated carbocycles. The van der Waals surface area contributed by atoms with Crippen molar-refractivity contribution in [3.8, 4) is 5.75 Å². The van der Waals surface area contributed by atoms with Crippen LogP contribution in [0.1, 0.15) is 23.0 Å². The predicted octanol–water partition coefficient (Wildman–Crippen LogP) is 1.28. The van der Waals surface area contributed by atoms with Crippen LogP contribution in [-0.2, 0) is 16.1 Å². The van der Waals surface area contributed by atoms with E-state index in [1.54, 1.807) is 0 Å². The van der Waals surface area contributed by atoms with Crippen molar-refractivity contribution in [2.75, 3.05) is 7.11 Å². The number of aliphatic hydroxyl groups excluding tert-OH is 1. The first-order chi connectivity index (χ1) is 12.4. The highest BCUT2D eigenvalue weighted by atomic mass is 19.1. The summed E-state index contributed by atoms with van der Waals surface area (Å²) in [6.07, 6.45) is 0. The van der Waals surface area contributed by atoms with E-state index in [0.717, 1.165) is 25.3 Å². The van der Waals surface area contributed by atoms with Crippen LogP contribution in [0.25, 0.3) is 0 Å². The highest BCUT2D eigenvalue weighted by Crippen LogP contribution is 2.42. The van der Waals surface area contributed by atoms with E-state index >= 15 is 0 Å². The van der Waals surface area contributed by atoms with Gasteiger partial charge in [0.2, 0.25) is 17.1 Å². The number of methoxy groups -OCH3 is 1. The summed E-state index contributed by atoms with van der Waals surface area (Å²) in [7, 11) is 1.08. The van der Waals surface area contributed by atoms with Gasteiger partial charge in [-0.1, -0.05) is 6.07 Å². The predicted molar refractivity (Wildman–Crippen MR) is 83.0 cm³/mol. The van der Waals surface area contributed by atoms with Gasteiger partial charge < -0.3 is 24.7 Å². The number of ether oxygens (including phenoxy) is 2. The van der Waals surface area contributed by atoms with Crippen molar-refractivity contribution in [3.63, 3.8) is 0 Å². The molecule has 2 aromatic rings. The van der Waals surface area contributed by atoms with E-state index in [1.807, 2.05) is 0 Å². The fourth-order valence-electron chi connectivity index (χ4n) is 2.72. The molecule has 1 atom stereocenters. The molecule has 1 aliphatic heterocycles. The van der Waals surface area contributed by atoms with Gasteiger partial charge in [-0.3, -0.25) is 4.79 Å². The summed E-state index contributed by atoms with van der Waals surface area (Å²) in [5, 5.41) is 9.26. The average molecular weight is 365 g/mol. The van der Waals surface area contributed by atoms with Gasteiger partial charge in [0.25, 0.3) is 0 Å². The topological polar surface area (TPSA) is 112 Å². The lowest BCUT2D eigenvalue weighted by molar-refractivity contribution is -0.136. The molecule has 2 heterocycles. The maximum absolute atomic E-state index is 14.4. The first-order valence-corrected chi connectivity index (χ1v) is 7.35. The number of halogens is 2. The summed E-state index contributed by atoms with van der Waals surface area (Å²) in [6.45, 7) is -0.617. The van der Waals surface area contributed by atoms with E-state index in [0.29, 0.717) is 6.07 Å². The second-order valence-electron chi connectivity index (χ2n) is 5.40. The zero-order valence-electron chi connectivity index (χ0n) is 13.4. The number of aliphatic hydroxyl groups is 1. The molecule has 1 aromatic heterocycles. The quantitative estimate of drug-likeness (QED) is 0.788. The molecule has 0 fully saturated rings. The lowest BCUT2D eigenvalue weighted by atomic mass is 9.86. The van der Waals surface area contributed by atoms with Crippen LogP contribution in [0.4, 0.5) is 8.78 Å². The molecule has 136 valence electrons. The van der Waals surface area contributed by atoms with E-state index in [9.17, 15) is 23.5 Å². The van der Waals surface area contributed by atoms with E-state index in [2.05, 4.69) is 4.74 Å². The minimum Gasteiger partial charge on any atom is -0.465 e. The van der Waals surface area contributed by atoms with Gasteiger partial charge in [0, 0.05) is 17.7 Å². The largest absolute Gasteiger partial charge is 0.465 e. The summed E-state index contributed by atoms with van der Waals surface area (Å²) in [6, 6.07) is 3.66. The van der Waals surface area contributed by atoms with Crippen molar-refractivity contribution in [3.05, 3.63) is 74.7 Å². The van der Waals surface area contributed by atoms with Gasteiger partial charge in [-0.25, -0.2) is 13.6 Å². The average Bonchev–Trinajstić information content (AvgIpc) is 2.61. The van der Waals surface area contributed by atoms with Crippen molar-refractivity contribution < 1.29 is 32.6 Å². The Morgan fingerprint density at radius 1 is 1.35 bits per heavy atom. The zero-order valence-corrected chi connectivity index (χ0v) is 13.4. The van der Waals surface area contributed by atoms with Crippen molar-refractivity contribution in [2.24, 2.45) is 5.73 Å². The van der Waals surface area contributed by atoms with Crippen LogP contribution in [0.15, 0.2) is 44.9 Å². The standard InChI is InChI=1S/C17H13F2NO6/c1-24-17(23)13-12(9-3-2-7(18)4-10(9)19)15-14(26-16(13)20)11(22)5-8(6-21)25-15/h2-5,12,21H,6,20H2,1H3/t12-/m0/s1. The molecule has 0 spiro atoms. The number of carbonyl (C=O) groups excluding carboxylic acids is 1. The number of hydrogen-bond donors (Lipinski definition) is 2. The number of esters is 1. The van der Waals surface area contributed by atoms with Crippen LogP contribution in [0.2, 0.25) is 0 Å².